The van der Waals surface area contributed by atoms with Crippen LogP contribution in [-0.2, 0) is 6.42 Å². The molecule has 0 aliphatic heterocycles. The quantitative estimate of drug-likeness (QED) is 0.399. The van der Waals surface area contributed by atoms with Gasteiger partial charge in [-0.1, -0.05) is 42.8 Å². The number of alkyl halides is 3. The van der Waals surface area contributed by atoms with E-state index in [9.17, 15) is 13.2 Å². The van der Waals surface area contributed by atoms with E-state index in [4.69, 9.17) is 17.3 Å². The molecule has 1 aromatic rings. The van der Waals surface area contributed by atoms with E-state index in [0.717, 1.165) is 12.0 Å². The largest absolute Gasteiger partial charge is 0.402 e. The Labute approximate surface area is 164 Å². The van der Waals surface area contributed by atoms with Gasteiger partial charge in [-0.15, -0.1) is 0 Å². The van der Waals surface area contributed by atoms with Crippen molar-refractivity contribution in [3.8, 4) is 0 Å². The van der Waals surface area contributed by atoms with Crippen LogP contribution in [-0.4, -0.2) is 18.4 Å². The van der Waals surface area contributed by atoms with Gasteiger partial charge in [-0.25, -0.2) is 0 Å². The van der Waals surface area contributed by atoms with Crippen LogP contribution in [0.1, 0.15) is 44.7 Å². The molecule has 1 rings (SSSR count). The van der Waals surface area contributed by atoms with Gasteiger partial charge in [-0.3, -0.25) is 4.99 Å². The molecule has 0 saturated heterocycles. The molecule has 148 valence electrons. The Morgan fingerprint density at radius 3 is 2.56 bits per heavy atom. The summed E-state index contributed by atoms with van der Waals surface area (Å²) in [6.07, 6.45) is 3.19. The van der Waals surface area contributed by atoms with E-state index in [-0.39, 0.29) is 6.42 Å². The molecule has 0 heterocycles. The average molecular weight is 399 g/mol. The van der Waals surface area contributed by atoms with Gasteiger partial charge < -0.3 is 5.73 Å². The van der Waals surface area contributed by atoms with Crippen LogP contribution in [0.5, 0.6) is 0 Å². The van der Waals surface area contributed by atoms with Crippen molar-refractivity contribution in [2.45, 2.75) is 46.2 Å². The van der Waals surface area contributed by atoms with Crippen molar-refractivity contribution in [3.63, 3.8) is 0 Å². The van der Waals surface area contributed by atoms with E-state index >= 15 is 0 Å². The molecule has 0 spiro atoms. The van der Waals surface area contributed by atoms with Crippen LogP contribution in [0.2, 0.25) is 5.02 Å². The summed E-state index contributed by atoms with van der Waals surface area (Å²) < 4.78 is 38.2. The lowest BCUT2D eigenvalue weighted by Gasteiger charge is -2.14. The molecular weight excluding hydrogens is 373 g/mol. The number of rotatable bonds is 8. The Kier molecular flexibility index (Phi) is 9.36. The molecule has 0 aliphatic carbocycles. The van der Waals surface area contributed by atoms with Crippen LogP contribution in [0, 0.1) is 0 Å². The van der Waals surface area contributed by atoms with Crippen molar-refractivity contribution in [2.75, 3.05) is 6.54 Å². The molecule has 0 aromatic heterocycles. The van der Waals surface area contributed by atoms with Crippen molar-refractivity contribution in [1.82, 2.24) is 0 Å². The molecule has 0 bridgehead atoms. The number of allylic oxidation sites excluding steroid dienone is 5. The number of hydrogen-bond acceptors (Lipinski definition) is 2. The molecule has 0 radical (unpaired) electrons. The van der Waals surface area contributed by atoms with Crippen LogP contribution >= 0.6 is 11.6 Å². The smallest absolute Gasteiger partial charge is 0.389 e. The molecule has 0 unspecified atom stereocenters. The van der Waals surface area contributed by atoms with E-state index in [1.807, 2.05) is 32.1 Å². The van der Waals surface area contributed by atoms with Gasteiger partial charge in [-0.2, -0.15) is 13.2 Å². The number of hydrogen-bond donors (Lipinski definition) is 1. The molecule has 0 saturated carbocycles. The summed E-state index contributed by atoms with van der Waals surface area (Å²) in [5, 5.41) is 0.403. The lowest BCUT2D eigenvalue weighted by molar-refractivity contribution is -0.134. The molecule has 2 nitrogen and oxygen atoms in total. The fraction of sp³-hybridized carbons (Fsp3) is 0.381. The zero-order valence-corrected chi connectivity index (χ0v) is 16.7. The number of halogens is 4. The first-order valence-corrected chi connectivity index (χ1v) is 9.18. The van der Waals surface area contributed by atoms with E-state index in [0.29, 0.717) is 34.1 Å². The highest BCUT2D eigenvalue weighted by Gasteiger charge is 2.27. The maximum Gasteiger partial charge on any atom is 0.389 e. The van der Waals surface area contributed by atoms with Crippen LogP contribution in [0.15, 0.2) is 58.8 Å². The van der Waals surface area contributed by atoms with Crippen molar-refractivity contribution < 1.29 is 13.2 Å². The van der Waals surface area contributed by atoms with Crippen molar-refractivity contribution >= 4 is 17.3 Å². The number of nitrogens with two attached hydrogens (primary N) is 1. The lowest BCUT2D eigenvalue weighted by Crippen LogP contribution is -2.12. The van der Waals surface area contributed by atoms with Crippen LogP contribution in [0.3, 0.4) is 0 Å². The summed E-state index contributed by atoms with van der Waals surface area (Å²) in [6, 6.07) is 4.98. The number of nitrogens with zero attached hydrogens (tertiary/aromatic N) is 1. The molecular formula is C21H26ClF3N2. The van der Waals surface area contributed by atoms with E-state index in [1.54, 1.807) is 31.2 Å². The molecule has 1 aromatic carbocycles. The minimum absolute atomic E-state index is 0.151. The summed E-state index contributed by atoms with van der Waals surface area (Å²) >= 11 is 6.03. The monoisotopic (exact) mass is 398 g/mol. The van der Waals surface area contributed by atoms with Crippen LogP contribution < -0.4 is 5.73 Å². The third-order valence-electron chi connectivity index (χ3n) is 3.75. The van der Waals surface area contributed by atoms with Crippen LogP contribution in [0.4, 0.5) is 13.2 Å². The van der Waals surface area contributed by atoms with Crippen LogP contribution in [0.25, 0.3) is 0 Å². The second-order valence-corrected chi connectivity index (χ2v) is 6.68. The number of aliphatic imine (C=N–C) groups is 1. The van der Waals surface area contributed by atoms with Gasteiger partial charge in [0, 0.05) is 22.7 Å². The number of aryl methyl sites for hydroxylation is 1. The van der Waals surface area contributed by atoms with E-state index < -0.39 is 12.6 Å². The van der Waals surface area contributed by atoms with Gasteiger partial charge in [-0.05, 0) is 56.0 Å². The van der Waals surface area contributed by atoms with Crippen molar-refractivity contribution in [1.29, 1.82) is 0 Å². The first-order valence-electron chi connectivity index (χ1n) is 8.80. The normalized spacial score (nSPS) is 14.3. The van der Waals surface area contributed by atoms with E-state index in [2.05, 4.69) is 4.99 Å². The van der Waals surface area contributed by atoms with Gasteiger partial charge >= 0.3 is 6.18 Å². The van der Waals surface area contributed by atoms with E-state index in [1.165, 1.54) is 0 Å². The highest BCUT2D eigenvalue weighted by molar-refractivity contribution is 6.31. The maximum atomic E-state index is 12.7. The Balaban J connectivity index is 3.37. The maximum absolute atomic E-state index is 12.7. The second kappa shape index (κ2) is 11.0. The SMILES string of the molecule is CC/C=C\C=C(/C)C(=NC/C=C(\C)N)c1ccc(Cl)cc1CCC(F)(F)F. The highest BCUT2D eigenvalue weighted by atomic mass is 35.5. The Bertz CT molecular complexity index is 740. The van der Waals surface area contributed by atoms with Gasteiger partial charge in [0.15, 0.2) is 0 Å². The summed E-state index contributed by atoms with van der Waals surface area (Å²) in [4.78, 5) is 4.58. The summed E-state index contributed by atoms with van der Waals surface area (Å²) in [6.45, 7) is 6.03. The zero-order valence-electron chi connectivity index (χ0n) is 15.9. The zero-order chi connectivity index (χ0) is 20.4. The Morgan fingerprint density at radius 2 is 1.96 bits per heavy atom. The molecule has 0 amide bonds. The topological polar surface area (TPSA) is 38.4 Å². The van der Waals surface area contributed by atoms with Crippen molar-refractivity contribution in [2.24, 2.45) is 10.7 Å². The van der Waals surface area contributed by atoms with Gasteiger partial charge in [0.2, 0.25) is 0 Å². The molecule has 0 aliphatic rings. The third-order valence-corrected chi connectivity index (χ3v) is 3.99. The number of benzene rings is 1. The minimum Gasteiger partial charge on any atom is -0.402 e. The lowest BCUT2D eigenvalue weighted by atomic mass is 9.95. The summed E-state index contributed by atoms with van der Waals surface area (Å²) in [5.74, 6) is 0. The Hall–Kier alpha value is -2.01. The van der Waals surface area contributed by atoms with Gasteiger partial charge in [0.05, 0.1) is 12.3 Å². The van der Waals surface area contributed by atoms with Crippen molar-refractivity contribution in [3.05, 3.63) is 69.9 Å². The Morgan fingerprint density at radius 1 is 1.26 bits per heavy atom. The van der Waals surface area contributed by atoms with Gasteiger partial charge in [0.25, 0.3) is 0 Å². The molecule has 0 atom stereocenters. The molecule has 27 heavy (non-hydrogen) atoms. The highest BCUT2D eigenvalue weighted by Crippen LogP contribution is 2.26. The fourth-order valence-corrected chi connectivity index (χ4v) is 2.60. The summed E-state index contributed by atoms with van der Waals surface area (Å²) in [7, 11) is 0. The summed E-state index contributed by atoms with van der Waals surface area (Å²) in [5.41, 5.74) is 8.98. The second-order valence-electron chi connectivity index (χ2n) is 6.24. The average Bonchev–Trinajstić information content (AvgIpc) is 2.57. The molecule has 0 fully saturated rings. The molecule has 6 heteroatoms. The predicted octanol–water partition coefficient (Wildman–Crippen LogP) is 6.40. The third kappa shape index (κ3) is 8.96. The standard InChI is InChI=1S/C21H26ClF3N2/c1-4-5-6-7-15(2)20(27-13-11-16(3)26)19-9-8-18(22)14-17(19)10-12-21(23,24)25/h5-9,11,14H,4,10,12-13,26H2,1-3H3/b6-5-,15-7+,16-11+,27-20?. The van der Waals surface area contributed by atoms with Gasteiger partial charge in [0.1, 0.15) is 0 Å². The first-order chi connectivity index (χ1) is 12.6. The minimum atomic E-state index is -4.23. The first kappa shape index (κ1) is 23.0. The fourth-order valence-electron chi connectivity index (χ4n) is 2.41. The predicted molar refractivity (Wildman–Crippen MR) is 108 cm³/mol. The molecule has 2 N–H and O–H groups in total.